The zero-order valence-electron chi connectivity index (χ0n) is 12.3. The van der Waals surface area contributed by atoms with Crippen LogP contribution in [0.2, 0.25) is 0 Å². The molecule has 0 saturated heterocycles. The van der Waals surface area contributed by atoms with Crippen molar-refractivity contribution < 1.29 is 0 Å². The van der Waals surface area contributed by atoms with Gasteiger partial charge in [-0.05, 0) is 25.0 Å². The molecule has 2 rings (SSSR count). The number of aryl methyl sites for hydroxylation is 2. The summed E-state index contributed by atoms with van der Waals surface area (Å²) in [5.41, 5.74) is 5.18. The van der Waals surface area contributed by atoms with Gasteiger partial charge in [-0.15, -0.1) is 6.42 Å². The molecular weight excluding hydrogens is 242 g/mol. The molecule has 0 fully saturated rings. The summed E-state index contributed by atoms with van der Waals surface area (Å²) in [6.45, 7) is 6.66. The Hall–Kier alpha value is -2.04. The maximum Gasteiger partial charge on any atom is 0.0605 e. The van der Waals surface area contributed by atoms with E-state index in [9.17, 15) is 0 Å². The number of hydrogen-bond donors (Lipinski definition) is 0. The van der Waals surface area contributed by atoms with E-state index in [0.29, 0.717) is 6.54 Å². The lowest BCUT2D eigenvalue weighted by molar-refractivity contribution is 0.290. The van der Waals surface area contributed by atoms with Crippen molar-refractivity contribution in [2.45, 2.75) is 26.9 Å². The molecule has 0 aliphatic heterocycles. The second-order valence-corrected chi connectivity index (χ2v) is 5.32. The predicted octanol–water partition coefficient (Wildman–Crippen LogP) is 3.94. The molecule has 0 atom stereocenters. The maximum atomic E-state index is 5.49. The van der Waals surface area contributed by atoms with E-state index in [4.69, 9.17) is 6.42 Å². The fraction of sp³-hybridized carbons (Fsp3) is 0.263. The van der Waals surface area contributed by atoms with Gasteiger partial charge in [0.05, 0.1) is 6.54 Å². The van der Waals surface area contributed by atoms with E-state index in [-0.39, 0.29) is 0 Å². The van der Waals surface area contributed by atoms with Gasteiger partial charge in [-0.25, -0.2) is 0 Å². The molecule has 0 N–H and O–H groups in total. The summed E-state index contributed by atoms with van der Waals surface area (Å²) >= 11 is 0. The quantitative estimate of drug-likeness (QED) is 0.739. The van der Waals surface area contributed by atoms with Gasteiger partial charge in [0.25, 0.3) is 0 Å². The largest absolute Gasteiger partial charge is 0.284 e. The topological polar surface area (TPSA) is 3.24 Å². The minimum absolute atomic E-state index is 0.668. The summed E-state index contributed by atoms with van der Waals surface area (Å²) in [7, 11) is 0. The summed E-state index contributed by atoms with van der Waals surface area (Å²) in [5, 5.41) is 0. The van der Waals surface area contributed by atoms with Gasteiger partial charge in [-0.2, -0.15) is 0 Å². The van der Waals surface area contributed by atoms with Gasteiger partial charge >= 0.3 is 0 Å². The van der Waals surface area contributed by atoms with Gasteiger partial charge in [-0.3, -0.25) is 4.90 Å². The minimum atomic E-state index is 0.668. The molecule has 0 radical (unpaired) electrons. The number of terminal acetylenes is 1. The van der Waals surface area contributed by atoms with Crippen molar-refractivity contribution in [1.29, 1.82) is 0 Å². The van der Waals surface area contributed by atoms with Crippen molar-refractivity contribution in [2.75, 3.05) is 6.54 Å². The number of rotatable bonds is 5. The van der Waals surface area contributed by atoms with E-state index in [1.54, 1.807) is 0 Å². The van der Waals surface area contributed by atoms with E-state index in [1.807, 2.05) is 0 Å². The van der Waals surface area contributed by atoms with Crippen LogP contribution in [-0.4, -0.2) is 11.4 Å². The molecule has 0 unspecified atom stereocenters. The van der Waals surface area contributed by atoms with Crippen LogP contribution < -0.4 is 0 Å². The van der Waals surface area contributed by atoms with Crippen molar-refractivity contribution >= 4 is 0 Å². The molecule has 1 nitrogen and oxygen atoms in total. The molecule has 0 amide bonds. The van der Waals surface area contributed by atoms with E-state index < -0.39 is 0 Å². The first-order valence-corrected chi connectivity index (χ1v) is 6.94. The highest BCUT2D eigenvalue weighted by atomic mass is 15.1. The lowest BCUT2D eigenvalue weighted by Crippen LogP contribution is -2.23. The summed E-state index contributed by atoms with van der Waals surface area (Å²) in [6, 6.07) is 17.3. The van der Waals surface area contributed by atoms with Crippen LogP contribution in [-0.2, 0) is 13.1 Å². The maximum absolute atomic E-state index is 5.49. The molecule has 0 aliphatic rings. The highest BCUT2D eigenvalue weighted by Crippen LogP contribution is 2.11. The second kappa shape index (κ2) is 6.93. The molecular formula is C19H21N. The van der Waals surface area contributed by atoms with Crippen LogP contribution in [0, 0.1) is 26.2 Å². The smallest absolute Gasteiger partial charge is 0.0605 e. The highest BCUT2D eigenvalue weighted by molar-refractivity contribution is 5.23. The molecule has 102 valence electrons. The average molecular weight is 263 g/mol. The zero-order valence-corrected chi connectivity index (χ0v) is 12.3. The molecule has 0 heterocycles. The molecule has 0 aliphatic carbocycles. The van der Waals surface area contributed by atoms with E-state index in [1.165, 1.54) is 22.3 Å². The Balaban J connectivity index is 2.05. The van der Waals surface area contributed by atoms with Crippen LogP contribution in [0.5, 0.6) is 0 Å². The standard InChI is InChI=1S/C19H21N/c1-4-13-20(14-18-9-5-16(2)6-10-18)15-19-11-7-17(3)8-12-19/h1,5-12H,13-15H2,2-3H3. The monoisotopic (exact) mass is 263 g/mol. The Kier molecular flexibility index (Phi) is 4.98. The van der Waals surface area contributed by atoms with E-state index in [0.717, 1.165) is 13.1 Å². The van der Waals surface area contributed by atoms with Gasteiger partial charge in [-0.1, -0.05) is 65.6 Å². The lowest BCUT2D eigenvalue weighted by Gasteiger charge is -2.20. The van der Waals surface area contributed by atoms with Crippen molar-refractivity contribution in [2.24, 2.45) is 0 Å². The SMILES string of the molecule is C#CCN(Cc1ccc(C)cc1)Cc1ccc(C)cc1. The van der Waals surface area contributed by atoms with Gasteiger partial charge in [0, 0.05) is 13.1 Å². The number of benzene rings is 2. The first-order chi connectivity index (χ1) is 9.67. The van der Waals surface area contributed by atoms with Crippen molar-refractivity contribution in [3.63, 3.8) is 0 Å². The molecule has 2 aromatic carbocycles. The van der Waals surface area contributed by atoms with Crippen molar-refractivity contribution in [1.82, 2.24) is 4.90 Å². The fourth-order valence-corrected chi connectivity index (χ4v) is 2.20. The summed E-state index contributed by atoms with van der Waals surface area (Å²) in [6.07, 6.45) is 5.49. The fourth-order valence-electron chi connectivity index (χ4n) is 2.20. The van der Waals surface area contributed by atoms with E-state index in [2.05, 4.69) is 73.2 Å². The third-order valence-electron chi connectivity index (χ3n) is 3.37. The lowest BCUT2D eigenvalue weighted by atomic mass is 10.1. The number of nitrogens with zero attached hydrogens (tertiary/aromatic N) is 1. The van der Waals surface area contributed by atoms with Crippen LogP contribution in [0.3, 0.4) is 0 Å². The molecule has 20 heavy (non-hydrogen) atoms. The second-order valence-electron chi connectivity index (χ2n) is 5.32. The summed E-state index contributed by atoms with van der Waals surface area (Å²) < 4.78 is 0. The Morgan fingerprint density at radius 3 is 1.55 bits per heavy atom. The number of hydrogen-bond acceptors (Lipinski definition) is 1. The van der Waals surface area contributed by atoms with Crippen molar-refractivity contribution in [3.05, 3.63) is 70.8 Å². The Morgan fingerprint density at radius 1 is 0.800 bits per heavy atom. The Labute approximate surface area is 122 Å². The molecule has 0 spiro atoms. The van der Waals surface area contributed by atoms with Crippen molar-refractivity contribution in [3.8, 4) is 12.3 Å². The minimum Gasteiger partial charge on any atom is -0.284 e. The summed E-state index contributed by atoms with van der Waals surface area (Å²) in [4.78, 5) is 2.29. The first-order valence-electron chi connectivity index (χ1n) is 6.94. The first kappa shape index (κ1) is 14.4. The van der Waals surface area contributed by atoms with Gasteiger partial charge < -0.3 is 0 Å². The predicted molar refractivity (Wildman–Crippen MR) is 85.3 cm³/mol. The third kappa shape index (κ3) is 4.26. The molecule has 0 saturated carbocycles. The third-order valence-corrected chi connectivity index (χ3v) is 3.37. The normalized spacial score (nSPS) is 10.5. The molecule has 1 heteroatoms. The van der Waals surface area contributed by atoms with Crippen LogP contribution >= 0.6 is 0 Å². The summed E-state index contributed by atoms with van der Waals surface area (Å²) in [5.74, 6) is 2.76. The molecule has 0 aromatic heterocycles. The molecule has 0 bridgehead atoms. The highest BCUT2D eigenvalue weighted by Gasteiger charge is 2.06. The Morgan fingerprint density at radius 2 is 1.20 bits per heavy atom. The van der Waals surface area contributed by atoms with E-state index >= 15 is 0 Å². The van der Waals surface area contributed by atoms with Crippen LogP contribution in [0.4, 0.5) is 0 Å². The van der Waals surface area contributed by atoms with Crippen LogP contribution in [0.15, 0.2) is 48.5 Å². The van der Waals surface area contributed by atoms with Gasteiger partial charge in [0.1, 0.15) is 0 Å². The zero-order chi connectivity index (χ0) is 14.4. The van der Waals surface area contributed by atoms with Crippen LogP contribution in [0.1, 0.15) is 22.3 Å². The van der Waals surface area contributed by atoms with Gasteiger partial charge in [0.15, 0.2) is 0 Å². The molecule has 2 aromatic rings. The van der Waals surface area contributed by atoms with Gasteiger partial charge in [0.2, 0.25) is 0 Å². The Bertz CT molecular complexity index is 525. The average Bonchev–Trinajstić information content (AvgIpc) is 2.44. The van der Waals surface area contributed by atoms with Crippen LogP contribution in [0.25, 0.3) is 0 Å².